The molecule has 0 bridgehead atoms. The maximum Gasteiger partial charge on any atom is 0.451 e. The van der Waals surface area contributed by atoms with Gasteiger partial charge >= 0.3 is 12.1 Å². The Hall–Kier alpha value is -2.60. The van der Waals surface area contributed by atoms with Crippen molar-refractivity contribution < 1.29 is 41.0 Å². The molecule has 0 heterocycles. The topological polar surface area (TPSA) is 110 Å². The van der Waals surface area contributed by atoms with Gasteiger partial charge in [-0.3, -0.25) is 14.3 Å². The average Bonchev–Trinajstić information content (AvgIpc) is 2.63. The summed E-state index contributed by atoms with van der Waals surface area (Å²) < 4.78 is 71.8. The van der Waals surface area contributed by atoms with E-state index in [9.17, 15) is 36.3 Å². The molecule has 1 atom stereocenters. The van der Waals surface area contributed by atoms with E-state index in [1.807, 2.05) is 0 Å². The largest absolute Gasteiger partial charge is 0.508 e. The van der Waals surface area contributed by atoms with Crippen molar-refractivity contribution in [2.45, 2.75) is 36.9 Å². The molecule has 0 aromatic heterocycles. The minimum Gasteiger partial charge on any atom is -0.508 e. The number of hydrogen-bond acceptors (Lipinski definition) is 6. The van der Waals surface area contributed by atoms with Crippen molar-refractivity contribution in [1.29, 1.82) is 0 Å². The normalized spacial score (nSPS) is 13.0. The van der Waals surface area contributed by atoms with Crippen molar-refractivity contribution in [2.75, 3.05) is 4.72 Å². The van der Waals surface area contributed by atoms with Crippen LogP contribution in [0.3, 0.4) is 0 Å². The zero-order valence-electron chi connectivity index (χ0n) is 16.1. The number of sulfonamides is 1. The number of esters is 1. The molecule has 0 amide bonds. The lowest BCUT2D eigenvalue weighted by molar-refractivity contribution is -0.178. The molecule has 2 aromatic rings. The van der Waals surface area contributed by atoms with Crippen LogP contribution >= 0.6 is 15.9 Å². The van der Waals surface area contributed by atoms with Crippen molar-refractivity contribution in [1.82, 2.24) is 0 Å². The van der Waals surface area contributed by atoms with Gasteiger partial charge in [0.2, 0.25) is 0 Å². The number of carbonyl (C=O) groups excluding carboxylic acids is 2. The lowest BCUT2D eigenvalue weighted by Gasteiger charge is -2.20. The molecule has 168 valence electrons. The van der Waals surface area contributed by atoms with Gasteiger partial charge in [0.25, 0.3) is 15.8 Å². The lowest BCUT2D eigenvalue weighted by atomic mass is 9.93. The van der Waals surface area contributed by atoms with Gasteiger partial charge in [-0.05, 0) is 56.3 Å². The second kappa shape index (κ2) is 9.27. The third-order valence-corrected chi connectivity index (χ3v) is 5.77. The van der Waals surface area contributed by atoms with Gasteiger partial charge in [0.1, 0.15) is 5.75 Å². The van der Waals surface area contributed by atoms with Crippen LogP contribution in [0, 0.1) is 0 Å². The summed E-state index contributed by atoms with van der Waals surface area (Å²) in [6.45, 7) is 2.74. The van der Waals surface area contributed by atoms with E-state index in [0.29, 0.717) is 4.47 Å². The van der Waals surface area contributed by atoms with Crippen molar-refractivity contribution >= 4 is 43.4 Å². The summed E-state index contributed by atoms with van der Waals surface area (Å²) in [5.41, 5.74) is -1.02. The molecule has 31 heavy (non-hydrogen) atoms. The first-order valence-electron chi connectivity index (χ1n) is 8.65. The second-order valence-electron chi connectivity index (χ2n) is 6.61. The lowest BCUT2D eigenvalue weighted by Crippen LogP contribution is -2.35. The van der Waals surface area contributed by atoms with Gasteiger partial charge < -0.3 is 9.84 Å². The van der Waals surface area contributed by atoms with E-state index in [2.05, 4.69) is 20.7 Å². The molecule has 0 aliphatic rings. The molecule has 2 N–H and O–H groups in total. The van der Waals surface area contributed by atoms with Gasteiger partial charge in [-0.15, -0.1) is 0 Å². The number of benzene rings is 2. The number of alkyl halides is 3. The van der Waals surface area contributed by atoms with Gasteiger partial charge in [-0.25, -0.2) is 8.42 Å². The van der Waals surface area contributed by atoms with E-state index in [1.54, 1.807) is 0 Å². The van der Waals surface area contributed by atoms with Crippen LogP contribution in [0.5, 0.6) is 5.75 Å². The second-order valence-corrected chi connectivity index (χ2v) is 9.21. The van der Waals surface area contributed by atoms with Crippen LogP contribution in [0.25, 0.3) is 0 Å². The quantitative estimate of drug-likeness (QED) is 0.321. The molecule has 0 spiro atoms. The first-order chi connectivity index (χ1) is 14.2. The Labute approximate surface area is 184 Å². The van der Waals surface area contributed by atoms with Crippen molar-refractivity contribution in [3.63, 3.8) is 0 Å². The summed E-state index contributed by atoms with van der Waals surface area (Å²) in [5.74, 6) is -7.32. The molecule has 7 nitrogen and oxygen atoms in total. The average molecular weight is 524 g/mol. The Morgan fingerprint density at radius 2 is 1.68 bits per heavy atom. The highest BCUT2D eigenvalue weighted by atomic mass is 79.9. The molecule has 0 saturated heterocycles. The predicted octanol–water partition coefficient (Wildman–Crippen LogP) is 4.12. The number of ether oxygens (including phenoxy) is 1. The molecule has 2 rings (SSSR count). The van der Waals surface area contributed by atoms with Gasteiger partial charge in [0.15, 0.2) is 5.92 Å². The third kappa shape index (κ3) is 6.20. The molecule has 0 saturated carbocycles. The number of hydrogen-bond donors (Lipinski definition) is 2. The number of Topliss-reactive ketones (excluding diaryl/α,β-unsaturated/α-hetero) is 1. The van der Waals surface area contributed by atoms with Crippen LogP contribution in [0.4, 0.5) is 18.9 Å². The van der Waals surface area contributed by atoms with Gasteiger partial charge in [-0.2, -0.15) is 13.2 Å². The molecule has 0 aliphatic carbocycles. The van der Waals surface area contributed by atoms with Gasteiger partial charge in [-0.1, -0.05) is 15.9 Å². The summed E-state index contributed by atoms with van der Waals surface area (Å²) in [6.07, 6.45) is -6.24. The van der Waals surface area contributed by atoms with Crippen LogP contribution in [-0.2, 0) is 24.3 Å². The monoisotopic (exact) mass is 523 g/mol. The molecular weight excluding hydrogens is 507 g/mol. The maximum absolute atomic E-state index is 13.1. The van der Waals surface area contributed by atoms with E-state index in [1.165, 1.54) is 38.1 Å². The Morgan fingerprint density at radius 3 is 2.19 bits per heavy atom. The Kier molecular flexibility index (Phi) is 7.37. The molecule has 1 unspecified atom stereocenters. The molecule has 0 fully saturated rings. The Bertz CT molecular complexity index is 1080. The van der Waals surface area contributed by atoms with Crippen LogP contribution in [-0.4, -0.2) is 37.6 Å². The highest BCUT2D eigenvalue weighted by Crippen LogP contribution is 2.35. The van der Waals surface area contributed by atoms with E-state index in [-0.39, 0.29) is 10.6 Å². The number of phenolic OH excluding ortho intramolecular Hbond substituents is 1. The first kappa shape index (κ1) is 24.7. The third-order valence-electron chi connectivity index (χ3n) is 3.84. The summed E-state index contributed by atoms with van der Waals surface area (Å²) in [5, 5.41) is 10.0. The van der Waals surface area contributed by atoms with Gasteiger partial charge in [0, 0.05) is 15.7 Å². The highest BCUT2D eigenvalue weighted by Gasteiger charge is 2.48. The van der Waals surface area contributed by atoms with Crippen molar-refractivity contribution in [2.24, 2.45) is 0 Å². The SMILES string of the molecule is CC(C)OC(=O)C(C(=O)C(F)(F)F)c1cc(NS(=O)(=O)c2ccc(Br)cc2)ccc1O. The van der Waals surface area contributed by atoms with E-state index < -0.39 is 51.3 Å². The number of ketones is 1. The fourth-order valence-electron chi connectivity index (χ4n) is 2.52. The van der Waals surface area contributed by atoms with Crippen molar-refractivity contribution in [3.05, 3.63) is 52.5 Å². The summed E-state index contributed by atoms with van der Waals surface area (Å²) in [4.78, 5) is 24.0. The standard InChI is InChI=1S/C19H17BrF3NO6S/c1-10(2)30-18(27)16(17(26)19(21,22)23)14-9-12(5-8-15(14)25)24-31(28,29)13-6-3-11(20)4-7-13/h3-10,16,24-25H,1-2H3. The molecule has 0 radical (unpaired) electrons. The van der Waals surface area contributed by atoms with Crippen LogP contribution < -0.4 is 4.72 Å². The Morgan fingerprint density at radius 1 is 1.10 bits per heavy atom. The maximum atomic E-state index is 13.1. The Balaban J connectivity index is 2.49. The zero-order valence-corrected chi connectivity index (χ0v) is 18.5. The fourth-order valence-corrected chi connectivity index (χ4v) is 3.83. The molecule has 0 aliphatic heterocycles. The molecular formula is C19H17BrF3NO6S. The minimum absolute atomic E-state index is 0.146. The zero-order chi connectivity index (χ0) is 23.6. The summed E-state index contributed by atoms with van der Waals surface area (Å²) >= 11 is 3.16. The van der Waals surface area contributed by atoms with Gasteiger partial charge in [0.05, 0.1) is 11.0 Å². The van der Waals surface area contributed by atoms with E-state index in [4.69, 9.17) is 4.74 Å². The summed E-state index contributed by atoms with van der Waals surface area (Å²) in [6, 6.07) is 8.22. The number of anilines is 1. The number of halogens is 4. The fraction of sp³-hybridized carbons (Fsp3) is 0.263. The number of nitrogens with one attached hydrogen (secondary N) is 1. The summed E-state index contributed by atoms with van der Waals surface area (Å²) in [7, 11) is -4.15. The van der Waals surface area contributed by atoms with Crippen LogP contribution in [0.2, 0.25) is 0 Å². The minimum atomic E-state index is -5.40. The number of aromatic hydroxyl groups is 1. The van der Waals surface area contributed by atoms with E-state index >= 15 is 0 Å². The number of carbonyl (C=O) groups is 2. The smallest absolute Gasteiger partial charge is 0.451 e. The van der Waals surface area contributed by atoms with Crippen LogP contribution in [0.1, 0.15) is 25.3 Å². The highest BCUT2D eigenvalue weighted by molar-refractivity contribution is 9.10. The predicted molar refractivity (Wildman–Crippen MR) is 108 cm³/mol. The van der Waals surface area contributed by atoms with Crippen molar-refractivity contribution in [3.8, 4) is 5.75 Å². The number of rotatable bonds is 7. The van der Waals surface area contributed by atoms with Crippen LogP contribution in [0.15, 0.2) is 51.8 Å². The molecule has 2 aromatic carbocycles. The first-order valence-corrected chi connectivity index (χ1v) is 10.9. The van der Waals surface area contributed by atoms with E-state index in [0.717, 1.165) is 18.2 Å². The number of phenols is 1. The molecule has 12 heteroatoms.